The van der Waals surface area contributed by atoms with E-state index in [0.717, 1.165) is 39.8 Å². The van der Waals surface area contributed by atoms with Gasteiger partial charge in [-0.05, 0) is 43.0 Å². The average Bonchev–Trinajstić information content (AvgIpc) is 3.40. The van der Waals surface area contributed by atoms with Crippen molar-refractivity contribution in [1.29, 1.82) is 0 Å². The number of hydrogen-bond acceptors (Lipinski definition) is 7. The number of aryl methyl sites for hydroxylation is 2. The molecule has 0 atom stereocenters. The maximum Gasteiger partial charge on any atom is 0.263 e. The molecule has 0 aliphatic carbocycles. The molecule has 1 saturated heterocycles. The molecule has 1 aliphatic rings. The van der Waals surface area contributed by atoms with Crippen LogP contribution in [0.2, 0.25) is 0 Å². The van der Waals surface area contributed by atoms with E-state index in [2.05, 4.69) is 15.4 Å². The Balaban J connectivity index is 1.44. The predicted octanol–water partition coefficient (Wildman–Crippen LogP) is 2.61. The molecule has 0 radical (unpaired) electrons. The number of thiophene rings is 1. The molecule has 4 rings (SSSR count). The molecule has 0 aromatic carbocycles. The van der Waals surface area contributed by atoms with E-state index in [-0.39, 0.29) is 16.3 Å². The zero-order valence-corrected chi connectivity index (χ0v) is 19.7. The first-order valence-corrected chi connectivity index (χ1v) is 13.3. The van der Waals surface area contributed by atoms with E-state index < -0.39 is 15.9 Å². The minimum atomic E-state index is -3.67. The Hall–Kier alpha value is -2.21. The monoisotopic (exact) mass is 477 g/mol. The first-order chi connectivity index (χ1) is 14.9. The molecule has 31 heavy (non-hydrogen) atoms. The molecule has 1 N–H and O–H groups in total. The normalized spacial score (nSPS) is 15.2. The summed E-state index contributed by atoms with van der Waals surface area (Å²) in [6, 6.07) is 7.21. The summed E-state index contributed by atoms with van der Waals surface area (Å²) in [7, 11) is -3.67. The summed E-state index contributed by atoms with van der Waals surface area (Å²) in [5.41, 5.74) is 2.72. The Morgan fingerprint density at radius 2 is 1.97 bits per heavy atom. The minimum Gasteiger partial charge on any atom is -0.347 e. The summed E-state index contributed by atoms with van der Waals surface area (Å²) in [5, 5.41) is 8.87. The van der Waals surface area contributed by atoms with Crippen LogP contribution in [0, 0.1) is 13.8 Å². The van der Waals surface area contributed by atoms with E-state index in [1.807, 2.05) is 32.0 Å². The third-order valence-corrected chi connectivity index (χ3v) is 8.84. The standard InChI is InChI=1S/C20H23N5O3S3/c1-14-11-15(2)25(23-14)18-4-3-16(12-21-18)13-22-20(26)19-17(5-8-30-19)31(27,28)24-6-9-29-10-7-24/h3-5,8,11-12H,6-7,9-10,13H2,1-2H3,(H,22,26). The van der Waals surface area contributed by atoms with Crippen LogP contribution in [0.1, 0.15) is 26.6 Å². The van der Waals surface area contributed by atoms with Gasteiger partial charge < -0.3 is 5.32 Å². The Bertz CT molecular complexity index is 1180. The molecule has 4 heterocycles. The van der Waals surface area contributed by atoms with E-state index in [1.165, 1.54) is 10.4 Å². The Morgan fingerprint density at radius 3 is 2.61 bits per heavy atom. The third kappa shape index (κ3) is 4.69. The van der Waals surface area contributed by atoms with Crippen LogP contribution in [0.3, 0.4) is 0 Å². The lowest BCUT2D eigenvalue weighted by Gasteiger charge is -2.25. The van der Waals surface area contributed by atoms with Gasteiger partial charge in [0.15, 0.2) is 5.82 Å². The lowest BCUT2D eigenvalue weighted by Crippen LogP contribution is -2.38. The van der Waals surface area contributed by atoms with Crippen molar-refractivity contribution in [1.82, 2.24) is 24.4 Å². The molecule has 0 unspecified atom stereocenters. The molecule has 11 heteroatoms. The molecule has 164 valence electrons. The molecule has 0 bridgehead atoms. The van der Waals surface area contributed by atoms with Crippen molar-refractivity contribution < 1.29 is 13.2 Å². The van der Waals surface area contributed by atoms with Gasteiger partial charge in [0.1, 0.15) is 9.77 Å². The quantitative estimate of drug-likeness (QED) is 0.586. The topological polar surface area (TPSA) is 97.2 Å². The Kier molecular flexibility index (Phi) is 6.47. The fourth-order valence-corrected chi connectivity index (χ4v) is 7.25. The highest BCUT2D eigenvalue weighted by Crippen LogP contribution is 2.27. The van der Waals surface area contributed by atoms with Crippen LogP contribution in [0.25, 0.3) is 5.82 Å². The second-order valence-electron chi connectivity index (χ2n) is 7.18. The lowest BCUT2D eigenvalue weighted by molar-refractivity contribution is 0.0952. The fraction of sp³-hybridized carbons (Fsp3) is 0.350. The maximum atomic E-state index is 13.0. The van der Waals surface area contributed by atoms with Crippen LogP contribution in [0.4, 0.5) is 0 Å². The van der Waals surface area contributed by atoms with Gasteiger partial charge in [-0.25, -0.2) is 18.1 Å². The van der Waals surface area contributed by atoms with E-state index in [4.69, 9.17) is 0 Å². The Morgan fingerprint density at radius 1 is 1.19 bits per heavy atom. The zero-order valence-electron chi connectivity index (χ0n) is 17.2. The molecule has 1 amide bonds. The van der Waals surface area contributed by atoms with Gasteiger partial charge >= 0.3 is 0 Å². The van der Waals surface area contributed by atoms with Crippen LogP contribution in [-0.2, 0) is 16.6 Å². The van der Waals surface area contributed by atoms with Gasteiger partial charge in [0.25, 0.3) is 5.91 Å². The van der Waals surface area contributed by atoms with Gasteiger partial charge in [-0.15, -0.1) is 11.3 Å². The number of carbonyl (C=O) groups excluding carboxylic acids is 1. The van der Waals surface area contributed by atoms with Crippen molar-refractivity contribution >= 4 is 39.0 Å². The molecule has 1 aliphatic heterocycles. The fourth-order valence-electron chi connectivity index (χ4n) is 3.36. The van der Waals surface area contributed by atoms with Gasteiger partial charge in [-0.2, -0.15) is 21.2 Å². The Labute approximate surface area is 189 Å². The SMILES string of the molecule is Cc1cc(C)n(-c2ccc(CNC(=O)c3sccc3S(=O)(=O)N3CCSCC3)cn2)n1. The van der Waals surface area contributed by atoms with Crippen LogP contribution >= 0.6 is 23.1 Å². The van der Waals surface area contributed by atoms with Crippen LogP contribution in [0.15, 0.2) is 40.7 Å². The number of pyridine rings is 1. The van der Waals surface area contributed by atoms with Crippen molar-refractivity contribution in [3.8, 4) is 5.82 Å². The highest BCUT2D eigenvalue weighted by atomic mass is 32.2. The molecule has 3 aromatic heterocycles. The van der Waals surface area contributed by atoms with Crippen molar-refractivity contribution in [2.75, 3.05) is 24.6 Å². The van der Waals surface area contributed by atoms with Gasteiger partial charge in [-0.3, -0.25) is 4.79 Å². The molecule has 0 saturated carbocycles. The number of thioether (sulfide) groups is 1. The molecule has 1 fully saturated rings. The number of carbonyl (C=O) groups is 1. The average molecular weight is 478 g/mol. The number of nitrogens with one attached hydrogen (secondary N) is 1. The smallest absolute Gasteiger partial charge is 0.263 e. The minimum absolute atomic E-state index is 0.0832. The third-order valence-electron chi connectivity index (χ3n) is 4.91. The lowest BCUT2D eigenvalue weighted by atomic mass is 10.2. The highest BCUT2D eigenvalue weighted by Gasteiger charge is 2.31. The van der Waals surface area contributed by atoms with Crippen molar-refractivity contribution in [3.63, 3.8) is 0 Å². The summed E-state index contributed by atoms with van der Waals surface area (Å²) in [4.78, 5) is 17.5. The van der Waals surface area contributed by atoms with Crippen LogP contribution in [-0.4, -0.2) is 58.0 Å². The summed E-state index contributed by atoms with van der Waals surface area (Å²) in [6.07, 6.45) is 1.68. The summed E-state index contributed by atoms with van der Waals surface area (Å²) >= 11 is 2.87. The molecular weight excluding hydrogens is 454 g/mol. The molecule has 3 aromatic rings. The second-order valence-corrected chi connectivity index (χ2v) is 11.2. The molecule has 0 spiro atoms. The van der Waals surface area contributed by atoms with Crippen molar-refractivity contribution in [2.24, 2.45) is 0 Å². The highest BCUT2D eigenvalue weighted by molar-refractivity contribution is 7.99. The first-order valence-electron chi connectivity index (χ1n) is 9.78. The number of aromatic nitrogens is 3. The number of sulfonamides is 1. The summed E-state index contributed by atoms with van der Waals surface area (Å²) < 4.78 is 29.2. The summed E-state index contributed by atoms with van der Waals surface area (Å²) in [6.45, 7) is 5.08. The van der Waals surface area contributed by atoms with Gasteiger partial charge in [0, 0.05) is 43.0 Å². The number of hydrogen-bond donors (Lipinski definition) is 1. The molecular formula is C20H23N5O3S3. The maximum absolute atomic E-state index is 13.0. The molecule has 8 nitrogen and oxygen atoms in total. The van der Waals surface area contributed by atoms with Gasteiger partial charge in [0.2, 0.25) is 10.0 Å². The van der Waals surface area contributed by atoms with Crippen LogP contribution < -0.4 is 5.32 Å². The van der Waals surface area contributed by atoms with E-state index >= 15 is 0 Å². The van der Waals surface area contributed by atoms with Crippen molar-refractivity contribution in [3.05, 3.63) is 57.7 Å². The summed E-state index contributed by atoms with van der Waals surface area (Å²) in [5.74, 6) is 1.84. The predicted molar refractivity (Wildman–Crippen MR) is 122 cm³/mol. The van der Waals surface area contributed by atoms with E-state index in [1.54, 1.807) is 28.0 Å². The number of nitrogens with zero attached hydrogens (tertiary/aromatic N) is 4. The number of rotatable bonds is 6. The van der Waals surface area contributed by atoms with Crippen molar-refractivity contribution in [2.45, 2.75) is 25.3 Å². The van der Waals surface area contributed by atoms with E-state index in [0.29, 0.717) is 18.9 Å². The first kappa shape index (κ1) is 22.0. The van der Waals surface area contributed by atoms with E-state index in [9.17, 15) is 13.2 Å². The van der Waals surface area contributed by atoms with Gasteiger partial charge in [-0.1, -0.05) is 6.07 Å². The second kappa shape index (κ2) is 9.11. The van der Waals surface area contributed by atoms with Crippen LogP contribution in [0.5, 0.6) is 0 Å². The zero-order chi connectivity index (χ0) is 22.0. The largest absolute Gasteiger partial charge is 0.347 e. The number of amides is 1. The van der Waals surface area contributed by atoms with Gasteiger partial charge in [0.05, 0.1) is 5.69 Å².